The molecular formula is C23H21ClN4O3. The monoisotopic (exact) mass is 436 g/mol. The highest BCUT2D eigenvalue weighted by Gasteiger charge is 2.37. The Bertz CT molecular complexity index is 1220. The van der Waals surface area contributed by atoms with Gasteiger partial charge in [-0.25, -0.2) is 4.68 Å². The number of allylic oxidation sites excluding steroid dienone is 2. The van der Waals surface area contributed by atoms with Gasteiger partial charge in [0.25, 0.3) is 0 Å². The van der Waals surface area contributed by atoms with Gasteiger partial charge in [0.1, 0.15) is 6.04 Å². The molecule has 5 rings (SSSR count). The predicted octanol–water partition coefficient (Wildman–Crippen LogP) is 4.64. The SMILES string of the molecule is COc1ccc(-c2nc3n(n2)C(c2ccccc2Cl)C2=C(CCCC2=O)N3)cc1OC. The van der Waals surface area contributed by atoms with E-state index in [1.807, 2.05) is 42.5 Å². The average Bonchev–Trinajstić information content (AvgIpc) is 3.21. The lowest BCUT2D eigenvalue weighted by Gasteiger charge is -2.32. The van der Waals surface area contributed by atoms with Crippen LogP contribution in [0.15, 0.2) is 53.7 Å². The summed E-state index contributed by atoms with van der Waals surface area (Å²) in [7, 11) is 3.18. The van der Waals surface area contributed by atoms with Gasteiger partial charge in [-0.3, -0.25) is 4.79 Å². The van der Waals surface area contributed by atoms with Gasteiger partial charge >= 0.3 is 0 Å². The number of aromatic nitrogens is 3. The zero-order chi connectivity index (χ0) is 21.5. The molecule has 2 aliphatic rings. The smallest absolute Gasteiger partial charge is 0.226 e. The van der Waals surface area contributed by atoms with E-state index < -0.39 is 6.04 Å². The zero-order valence-corrected chi connectivity index (χ0v) is 17.9. The first kappa shape index (κ1) is 19.6. The molecule has 1 aliphatic carbocycles. The first-order valence-corrected chi connectivity index (χ1v) is 10.4. The molecule has 0 fully saturated rings. The standard InChI is InChI=1S/C23H21ClN4O3/c1-30-18-11-10-13(12-19(18)31-2)22-26-23-25-16-8-5-9-17(29)20(16)21(28(23)27-22)14-6-3-4-7-15(14)24/h3-4,6-7,10-12,21H,5,8-9H2,1-2H3,(H,25,26,27). The van der Waals surface area contributed by atoms with Crippen LogP contribution >= 0.6 is 11.6 Å². The molecule has 8 heteroatoms. The largest absolute Gasteiger partial charge is 0.493 e. The fraction of sp³-hybridized carbons (Fsp3) is 0.261. The summed E-state index contributed by atoms with van der Waals surface area (Å²) in [4.78, 5) is 17.7. The Morgan fingerprint density at radius 2 is 1.90 bits per heavy atom. The van der Waals surface area contributed by atoms with Crippen molar-refractivity contribution >= 4 is 23.3 Å². The van der Waals surface area contributed by atoms with Crippen LogP contribution in [0.1, 0.15) is 30.9 Å². The molecule has 158 valence electrons. The van der Waals surface area contributed by atoms with E-state index in [1.54, 1.807) is 18.9 Å². The van der Waals surface area contributed by atoms with Crippen molar-refractivity contribution in [3.05, 3.63) is 64.3 Å². The topological polar surface area (TPSA) is 78.3 Å². The van der Waals surface area contributed by atoms with Crippen LogP contribution in [-0.2, 0) is 4.79 Å². The number of hydrogen-bond acceptors (Lipinski definition) is 6. The number of Topliss-reactive ketones (excluding diaryl/α,β-unsaturated/α-hetero) is 1. The molecule has 2 aromatic carbocycles. The second-order valence-electron chi connectivity index (χ2n) is 7.49. The highest BCUT2D eigenvalue weighted by Crippen LogP contribution is 2.42. The summed E-state index contributed by atoms with van der Waals surface area (Å²) in [5.74, 6) is 2.45. The van der Waals surface area contributed by atoms with E-state index in [0.717, 1.165) is 35.2 Å². The van der Waals surface area contributed by atoms with Crippen molar-refractivity contribution in [2.45, 2.75) is 25.3 Å². The lowest BCUT2D eigenvalue weighted by molar-refractivity contribution is -0.116. The Morgan fingerprint density at radius 1 is 1.10 bits per heavy atom. The van der Waals surface area contributed by atoms with Crippen molar-refractivity contribution in [2.24, 2.45) is 0 Å². The molecular weight excluding hydrogens is 416 g/mol. The molecule has 0 saturated heterocycles. The van der Waals surface area contributed by atoms with E-state index in [4.69, 9.17) is 31.2 Å². The molecule has 7 nitrogen and oxygen atoms in total. The molecule has 1 unspecified atom stereocenters. The summed E-state index contributed by atoms with van der Waals surface area (Å²) in [6.45, 7) is 0. The van der Waals surface area contributed by atoms with Gasteiger partial charge in [0.15, 0.2) is 23.1 Å². The number of anilines is 1. The van der Waals surface area contributed by atoms with Gasteiger partial charge in [-0.05, 0) is 37.1 Å². The van der Waals surface area contributed by atoms with Crippen LogP contribution < -0.4 is 14.8 Å². The van der Waals surface area contributed by atoms with E-state index in [2.05, 4.69) is 5.32 Å². The number of ether oxygens (including phenoxy) is 2. The number of fused-ring (bicyclic) bond motifs is 1. The van der Waals surface area contributed by atoms with Crippen LogP contribution in [-0.4, -0.2) is 34.8 Å². The van der Waals surface area contributed by atoms with Gasteiger partial charge in [-0.1, -0.05) is 29.8 Å². The first-order valence-electron chi connectivity index (χ1n) is 10.1. The Hall–Kier alpha value is -3.32. The number of halogens is 1. The van der Waals surface area contributed by atoms with Crippen molar-refractivity contribution in [1.82, 2.24) is 14.8 Å². The predicted molar refractivity (Wildman–Crippen MR) is 118 cm³/mol. The molecule has 0 radical (unpaired) electrons. The Morgan fingerprint density at radius 3 is 2.68 bits per heavy atom. The Balaban J connectivity index is 1.66. The number of nitrogens with zero attached hydrogens (tertiary/aromatic N) is 3. The number of ketones is 1. The zero-order valence-electron chi connectivity index (χ0n) is 17.2. The van der Waals surface area contributed by atoms with Crippen LogP contribution in [0.4, 0.5) is 5.95 Å². The van der Waals surface area contributed by atoms with Crippen LogP contribution in [0.2, 0.25) is 5.02 Å². The molecule has 3 aromatic rings. The van der Waals surface area contributed by atoms with E-state index in [-0.39, 0.29) is 5.78 Å². The highest BCUT2D eigenvalue weighted by molar-refractivity contribution is 6.31. The van der Waals surface area contributed by atoms with Crippen LogP contribution in [0, 0.1) is 0 Å². The van der Waals surface area contributed by atoms with Crippen LogP contribution in [0.25, 0.3) is 11.4 Å². The quantitative estimate of drug-likeness (QED) is 0.642. The number of methoxy groups -OCH3 is 2. The molecule has 0 amide bonds. The third-order valence-electron chi connectivity index (χ3n) is 5.71. The molecule has 1 aliphatic heterocycles. The van der Waals surface area contributed by atoms with E-state index in [0.29, 0.717) is 34.7 Å². The number of hydrogen-bond donors (Lipinski definition) is 1. The van der Waals surface area contributed by atoms with Crippen molar-refractivity contribution in [3.63, 3.8) is 0 Å². The number of benzene rings is 2. The van der Waals surface area contributed by atoms with E-state index in [1.165, 1.54) is 0 Å². The third kappa shape index (κ3) is 3.25. The molecule has 1 N–H and O–H groups in total. The van der Waals surface area contributed by atoms with Gasteiger partial charge in [0, 0.05) is 33.8 Å². The van der Waals surface area contributed by atoms with Crippen molar-refractivity contribution < 1.29 is 14.3 Å². The van der Waals surface area contributed by atoms with Crippen molar-refractivity contribution in [3.8, 4) is 22.9 Å². The maximum absolute atomic E-state index is 12.9. The molecule has 0 spiro atoms. The molecule has 0 saturated carbocycles. The summed E-state index contributed by atoms with van der Waals surface area (Å²) in [6.07, 6.45) is 2.13. The lowest BCUT2D eigenvalue weighted by Crippen LogP contribution is -2.31. The van der Waals surface area contributed by atoms with E-state index in [9.17, 15) is 4.79 Å². The van der Waals surface area contributed by atoms with Gasteiger partial charge in [0.05, 0.1) is 14.2 Å². The normalized spacial score (nSPS) is 17.6. The number of rotatable bonds is 4. The average molecular weight is 437 g/mol. The van der Waals surface area contributed by atoms with Gasteiger partial charge < -0.3 is 14.8 Å². The van der Waals surface area contributed by atoms with Crippen molar-refractivity contribution in [2.75, 3.05) is 19.5 Å². The fourth-order valence-electron chi connectivity index (χ4n) is 4.24. The molecule has 2 heterocycles. The Kier molecular flexibility index (Phi) is 4.90. The highest BCUT2D eigenvalue weighted by atomic mass is 35.5. The number of carbonyl (C=O) groups is 1. The minimum Gasteiger partial charge on any atom is -0.493 e. The minimum absolute atomic E-state index is 0.118. The molecule has 1 aromatic heterocycles. The Labute approximate surface area is 184 Å². The third-order valence-corrected chi connectivity index (χ3v) is 6.05. The van der Waals surface area contributed by atoms with E-state index >= 15 is 0 Å². The molecule has 1 atom stereocenters. The van der Waals surface area contributed by atoms with Crippen molar-refractivity contribution in [1.29, 1.82) is 0 Å². The second kappa shape index (κ2) is 7.74. The maximum atomic E-state index is 12.9. The number of carbonyl (C=O) groups excluding carboxylic acids is 1. The lowest BCUT2D eigenvalue weighted by atomic mass is 9.85. The summed E-state index contributed by atoms with van der Waals surface area (Å²) in [5.41, 5.74) is 3.23. The number of nitrogens with one attached hydrogen (secondary N) is 1. The molecule has 0 bridgehead atoms. The van der Waals surface area contributed by atoms with Gasteiger partial charge in [-0.2, -0.15) is 4.98 Å². The van der Waals surface area contributed by atoms with Gasteiger partial charge in [-0.15, -0.1) is 5.10 Å². The molecule has 31 heavy (non-hydrogen) atoms. The summed E-state index contributed by atoms with van der Waals surface area (Å²) < 4.78 is 12.5. The van der Waals surface area contributed by atoms with Crippen LogP contribution in [0.5, 0.6) is 11.5 Å². The van der Waals surface area contributed by atoms with Gasteiger partial charge in [0.2, 0.25) is 5.95 Å². The van der Waals surface area contributed by atoms with Crippen LogP contribution in [0.3, 0.4) is 0 Å². The maximum Gasteiger partial charge on any atom is 0.226 e. The summed E-state index contributed by atoms with van der Waals surface area (Å²) in [6, 6.07) is 12.7. The summed E-state index contributed by atoms with van der Waals surface area (Å²) >= 11 is 6.55. The minimum atomic E-state index is -0.422. The summed E-state index contributed by atoms with van der Waals surface area (Å²) in [5, 5.41) is 8.71. The first-order chi connectivity index (χ1) is 15.1. The second-order valence-corrected chi connectivity index (χ2v) is 7.90. The fourth-order valence-corrected chi connectivity index (χ4v) is 4.48.